The molecule has 2 aliphatic heterocycles. The maximum atomic E-state index is 14.9. The molecule has 2 unspecified atom stereocenters. The van der Waals surface area contributed by atoms with Gasteiger partial charge in [0, 0.05) is 56.8 Å². The minimum atomic E-state index is -4.02. The number of alkyl halides is 1. The third-order valence-electron chi connectivity index (χ3n) is 7.20. The van der Waals surface area contributed by atoms with Crippen molar-refractivity contribution in [1.29, 1.82) is 0 Å². The molecule has 2 aliphatic rings. The van der Waals surface area contributed by atoms with Gasteiger partial charge in [-0.3, -0.25) is 4.79 Å². The largest absolute Gasteiger partial charge is 0.490 e. The van der Waals surface area contributed by atoms with Crippen molar-refractivity contribution in [2.24, 2.45) is 0 Å². The fourth-order valence-corrected chi connectivity index (χ4v) is 5.81. The van der Waals surface area contributed by atoms with Gasteiger partial charge in [0.2, 0.25) is 0 Å². The lowest BCUT2D eigenvalue weighted by atomic mass is 10.0. The predicted octanol–water partition coefficient (Wildman–Crippen LogP) is 3.25. The van der Waals surface area contributed by atoms with E-state index >= 15 is 0 Å². The van der Waals surface area contributed by atoms with E-state index in [0.717, 1.165) is 4.31 Å². The molecule has 210 valence electrons. The monoisotopic (exact) mass is 563 g/mol. The lowest BCUT2D eigenvalue weighted by molar-refractivity contribution is 0.0250. The number of hydrogen-bond acceptors (Lipinski definition) is 7. The maximum Gasteiger partial charge on any atom is 0.303 e. The van der Waals surface area contributed by atoms with Gasteiger partial charge in [-0.1, -0.05) is 6.92 Å². The zero-order chi connectivity index (χ0) is 27.7. The number of nitrogens with zero attached hydrogens (tertiary/aromatic N) is 4. The third kappa shape index (κ3) is 5.70. The van der Waals surface area contributed by atoms with Gasteiger partial charge in [-0.05, 0) is 30.3 Å². The Kier molecular flexibility index (Phi) is 7.74. The number of amides is 1. The van der Waals surface area contributed by atoms with Gasteiger partial charge in [-0.15, -0.1) is 0 Å². The van der Waals surface area contributed by atoms with E-state index in [1.165, 1.54) is 29.9 Å². The van der Waals surface area contributed by atoms with Crippen LogP contribution in [0.25, 0.3) is 5.52 Å². The Morgan fingerprint density at radius 2 is 2.03 bits per heavy atom. The second-order valence-electron chi connectivity index (χ2n) is 9.74. The van der Waals surface area contributed by atoms with Crippen LogP contribution in [-0.2, 0) is 14.9 Å². The highest BCUT2D eigenvalue weighted by Crippen LogP contribution is 2.42. The molecule has 13 heteroatoms. The Morgan fingerprint density at radius 1 is 1.26 bits per heavy atom. The normalized spacial score (nSPS) is 20.6. The number of anilines is 1. The van der Waals surface area contributed by atoms with Crippen LogP contribution in [0.2, 0.25) is 0 Å². The fraction of sp³-hybridized carbons (Fsp3) is 0.462. The molecular weight excluding hydrogens is 532 g/mol. The summed E-state index contributed by atoms with van der Waals surface area (Å²) in [5, 5.41) is 4.16. The smallest absolute Gasteiger partial charge is 0.303 e. The maximum absolute atomic E-state index is 14.9. The van der Waals surface area contributed by atoms with Crippen LogP contribution in [0.3, 0.4) is 0 Å². The van der Waals surface area contributed by atoms with Crippen molar-refractivity contribution in [3.05, 3.63) is 59.7 Å². The topological polar surface area (TPSA) is 105 Å². The van der Waals surface area contributed by atoms with Crippen LogP contribution in [0.5, 0.6) is 5.75 Å². The number of rotatable bonds is 8. The molecule has 0 aliphatic carbocycles. The quantitative estimate of drug-likeness (QED) is 0.449. The number of fused-ring (bicyclic) bond motifs is 1. The second kappa shape index (κ2) is 11.1. The highest BCUT2D eigenvalue weighted by molar-refractivity contribution is 7.87. The highest BCUT2D eigenvalue weighted by Gasteiger charge is 2.36. The van der Waals surface area contributed by atoms with Crippen molar-refractivity contribution in [2.45, 2.75) is 44.5 Å². The summed E-state index contributed by atoms with van der Waals surface area (Å²) in [6.07, 6.45) is 3.20. The van der Waals surface area contributed by atoms with Crippen LogP contribution < -0.4 is 14.4 Å². The van der Waals surface area contributed by atoms with E-state index in [4.69, 9.17) is 9.47 Å². The SMILES string of the molecule is CCN(C)S(=O)(=O)NC(=O)c1cnn2ccc(N3CC(F)CC3c3cc(F)ccc3OC3CCOCC3)cc12. The number of aromatic nitrogens is 2. The number of carbonyl (C=O) groups excluding carboxylic acids is 1. The van der Waals surface area contributed by atoms with Crippen molar-refractivity contribution in [2.75, 3.05) is 38.3 Å². The van der Waals surface area contributed by atoms with Crippen LogP contribution in [0.4, 0.5) is 14.5 Å². The number of ether oxygens (including phenoxy) is 2. The molecule has 1 amide bonds. The molecule has 2 saturated heterocycles. The predicted molar refractivity (Wildman–Crippen MR) is 140 cm³/mol. The summed E-state index contributed by atoms with van der Waals surface area (Å²) in [5.74, 6) is -0.778. The van der Waals surface area contributed by atoms with Crippen molar-refractivity contribution in [3.8, 4) is 5.75 Å². The second-order valence-corrected chi connectivity index (χ2v) is 11.5. The minimum Gasteiger partial charge on any atom is -0.490 e. The molecular formula is C26H31F2N5O5S. The molecule has 5 rings (SSSR count). The third-order valence-corrected chi connectivity index (χ3v) is 8.72. The molecule has 0 bridgehead atoms. The first-order chi connectivity index (χ1) is 18.7. The minimum absolute atomic E-state index is 0.0479. The molecule has 2 atom stereocenters. The molecule has 1 N–H and O–H groups in total. The molecule has 0 spiro atoms. The Morgan fingerprint density at radius 3 is 2.77 bits per heavy atom. The standard InChI is InChI=1S/C26H31F2N5O5S/c1-3-31(2)39(35,36)30-26(34)22-15-29-33-9-6-19(14-24(22)33)32-16-18(28)13-23(32)21-12-17(27)4-5-25(21)38-20-7-10-37-11-8-20/h4-6,9,12,14-15,18,20,23H,3,7-8,10-11,13,16H2,1-2H3,(H,30,34). The van der Waals surface area contributed by atoms with Crippen LogP contribution in [0, 0.1) is 5.82 Å². The van der Waals surface area contributed by atoms with Crippen LogP contribution in [0.1, 0.15) is 48.1 Å². The van der Waals surface area contributed by atoms with Crippen LogP contribution >= 0.6 is 0 Å². The van der Waals surface area contributed by atoms with E-state index in [-0.39, 0.29) is 31.2 Å². The zero-order valence-corrected chi connectivity index (χ0v) is 22.5. The van der Waals surface area contributed by atoms with Gasteiger partial charge in [0.25, 0.3) is 5.91 Å². The number of pyridine rings is 1. The first-order valence-corrected chi connectivity index (χ1v) is 14.3. The van der Waals surface area contributed by atoms with Crippen molar-refractivity contribution < 1.29 is 31.5 Å². The van der Waals surface area contributed by atoms with E-state index in [2.05, 4.69) is 5.10 Å². The molecule has 2 fully saturated rings. The molecule has 4 heterocycles. The molecule has 0 saturated carbocycles. The average Bonchev–Trinajstić information content (AvgIpc) is 3.52. The summed E-state index contributed by atoms with van der Waals surface area (Å²) in [7, 11) is -2.67. The highest BCUT2D eigenvalue weighted by atomic mass is 32.2. The molecule has 2 aromatic heterocycles. The van der Waals surface area contributed by atoms with Crippen LogP contribution in [0.15, 0.2) is 42.7 Å². The number of benzene rings is 1. The van der Waals surface area contributed by atoms with Gasteiger partial charge < -0.3 is 14.4 Å². The van der Waals surface area contributed by atoms with Crippen LogP contribution in [-0.4, -0.2) is 73.9 Å². The van der Waals surface area contributed by atoms with E-state index in [1.807, 2.05) is 9.62 Å². The first-order valence-electron chi connectivity index (χ1n) is 12.9. The molecule has 10 nitrogen and oxygen atoms in total. The van der Waals surface area contributed by atoms with Gasteiger partial charge in [-0.2, -0.15) is 17.8 Å². The zero-order valence-electron chi connectivity index (χ0n) is 21.7. The molecule has 39 heavy (non-hydrogen) atoms. The molecule has 3 aromatic rings. The van der Waals surface area contributed by atoms with Gasteiger partial charge >= 0.3 is 10.2 Å². The average molecular weight is 564 g/mol. The lowest BCUT2D eigenvalue weighted by Gasteiger charge is -2.30. The van der Waals surface area contributed by atoms with Crippen molar-refractivity contribution in [1.82, 2.24) is 18.6 Å². The van der Waals surface area contributed by atoms with Gasteiger partial charge in [0.1, 0.15) is 23.8 Å². The molecule has 1 aromatic carbocycles. The summed E-state index contributed by atoms with van der Waals surface area (Å²) in [6, 6.07) is 7.16. The van der Waals surface area contributed by atoms with Gasteiger partial charge in [-0.25, -0.2) is 18.0 Å². The summed E-state index contributed by atoms with van der Waals surface area (Å²) in [4.78, 5) is 14.7. The number of hydrogen-bond donors (Lipinski definition) is 1. The number of nitrogens with one attached hydrogen (secondary N) is 1. The number of halogens is 2. The summed E-state index contributed by atoms with van der Waals surface area (Å²) in [5.41, 5.74) is 1.52. The Hall–Kier alpha value is -3.29. The number of carbonyl (C=O) groups is 1. The van der Waals surface area contributed by atoms with Crippen molar-refractivity contribution >= 4 is 27.3 Å². The summed E-state index contributed by atoms with van der Waals surface area (Å²) >= 11 is 0. The lowest BCUT2D eigenvalue weighted by Crippen LogP contribution is -2.41. The Balaban J connectivity index is 1.47. The first kappa shape index (κ1) is 27.3. The fourth-order valence-electron chi connectivity index (χ4n) is 4.97. The Labute approximate surface area is 225 Å². The summed E-state index contributed by atoms with van der Waals surface area (Å²) < 4.78 is 70.2. The van der Waals surface area contributed by atoms with Gasteiger partial charge in [0.15, 0.2) is 0 Å². The summed E-state index contributed by atoms with van der Waals surface area (Å²) in [6.45, 7) is 3.05. The van der Waals surface area contributed by atoms with E-state index in [1.54, 1.807) is 31.3 Å². The van der Waals surface area contributed by atoms with E-state index in [0.29, 0.717) is 48.6 Å². The van der Waals surface area contributed by atoms with E-state index < -0.39 is 34.1 Å². The molecule has 0 radical (unpaired) electrons. The Bertz CT molecular complexity index is 1460. The van der Waals surface area contributed by atoms with E-state index in [9.17, 15) is 22.0 Å². The van der Waals surface area contributed by atoms with Crippen molar-refractivity contribution in [3.63, 3.8) is 0 Å². The van der Waals surface area contributed by atoms with Gasteiger partial charge in [0.05, 0.1) is 36.5 Å².